The van der Waals surface area contributed by atoms with Crippen LogP contribution in [0.2, 0.25) is 0 Å². The largest absolute Gasteiger partial charge is 0.416 e. The van der Waals surface area contributed by atoms with Gasteiger partial charge in [-0.3, -0.25) is 9.59 Å². The summed E-state index contributed by atoms with van der Waals surface area (Å²) in [5.41, 5.74) is -1.16. The number of carbonyl (C=O) groups excluding carboxylic acids is 1. The van der Waals surface area contributed by atoms with Gasteiger partial charge < -0.3 is 9.88 Å². The van der Waals surface area contributed by atoms with Crippen LogP contribution in [0.5, 0.6) is 0 Å². The molecule has 0 atom stereocenters. The molecule has 3 rings (SSSR count). The fraction of sp³-hybridized carbons (Fsp3) is 0.111. The average molecular weight is 346 g/mol. The van der Waals surface area contributed by atoms with Crippen LogP contribution < -0.4 is 10.9 Å². The van der Waals surface area contributed by atoms with Crippen LogP contribution in [-0.4, -0.2) is 10.5 Å². The normalized spacial score (nSPS) is 11.5. The van der Waals surface area contributed by atoms with E-state index in [9.17, 15) is 22.8 Å². The van der Waals surface area contributed by atoms with Crippen LogP contribution in [0.15, 0.2) is 59.4 Å². The number of anilines is 1. The zero-order valence-electron chi connectivity index (χ0n) is 13.1. The molecule has 128 valence electrons. The van der Waals surface area contributed by atoms with E-state index in [1.165, 1.54) is 29.8 Å². The number of aromatic nitrogens is 1. The van der Waals surface area contributed by atoms with E-state index in [1.807, 2.05) is 0 Å². The first-order chi connectivity index (χ1) is 11.8. The molecule has 1 aromatic heterocycles. The Morgan fingerprint density at radius 1 is 1.04 bits per heavy atom. The highest BCUT2D eigenvalue weighted by atomic mass is 19.4. The molecule has 4 nitrogen and oxygen atoms in total. The van der Waals surface area contributed by atoms with E-state index in [0.717, 1.165) is 12.1 Å². The molecule has 1 heterocycles. The van der Waals surface area contributed by atoms with Crippen LogP contribution in [0.3, 0.4) is 0 Å². The number of fused-ring (bicyclic) bond motifs is 1. The second-order valence-electron chi connectivity index (χ2n) is 5.51. The number of nitrogens with zero attached hydrogens (tertiary/aromatic N) is 1. The third-order valence-corrected chi connectivity index (χ3v) is 3.83. The van der Waals surface area contributed by atoms with Gasteiger partial charge in [-0.25, -0.2) is 0 Å². The Balaban J connectivity index is 1.99. The van der Waals surface area contributed by atoms with Crippen molar-refractivity contribution in [2.75, 3.05) is 5.32 Å². The van der Waals surface area contributed by atoms with E-state index in [2.05, 4.69) is 5.32 Å². The van der Waals surface area contributed by atoms with E-state index in [4.69, 9.17) is 0 Å². The molecule has 2 aromatic carbocycles. The average Bonchev–Trinajstić information content (AvgIpc) is 2.57. The van der Waals surface area contributed by atoms with Crippen LogP contribution in [-0.2, 0) is 13.2 Å². The Morgan fingerprint density at radius 2 is 1.76 bits per heavy atom. The minimum absolute atomic E-state index is 0.000401. The van der Waals surface area contributed by atoms with Gasteiger partial charge in [0, 0.05) is 18.1 Å². The molecule has 0 aliphatic rings. The van der Waals surface area contributed by atoms with Gasteiger partial charge in [-0.2, -0.15) is 13.2 Å². The van der Waals surface area contributed by atoms with Crippen molar-refractivity contribution in [3.63, 3.8) is 0 Å². The lowest BCUT2D eigenvalue weighted by molar-refractivity contribution is -0.137. The number of carbonyl (C=O) groups is 1. The first-order valence-corrected chi connectivity index (χ1v) is 7.35. The summed E-state index contributed by atoms with van der Waals surface area (Å²) in [5.74, 6) is -0.662. The van der Waals surface area contributed by atoms with Gasteiger partial charge in [0.25, 0.3) is 11.5 Å². The van der Waals surface area contributed by atoms with Gasteiger partial charge >= 0.3 is 6.18 Å². The standard InChI is InChI=1S/C18H13F3N2O2/c1-23-15(9-11-5-2-3-8-14(11)17(23)25)16(24)22-13-7-4-6-12(10-13)18(19,20)21/h2-10H,1H3,(H,22,24). The first kappa shape index (κ1) is 16.8. The van der Waals surface area contributed by atoms with E-state index in [-0.39, 0.29) is 16.9 Å². The predicted octanol–water partition coefficient (Wildman–Crippen LogP) is 3.81. The highest BCUT2D eigenvalue weighted by Crippen LogP contribution is 2.30. The second-order valence-corrected chi connectivity index (χ2v) is 5.51. The number of rotatable bonds is 2. The molecule has 1 amide bonds. The van der Waals surface area contributed by atoms with Crippen molar-refractivity contribution < 1.29 is 18.0 Å². The van der Waals surface area contributed by atoms with E-state index in [1.54, 1.807) is 24.3 Å². The maximum Gasteiger partial charge on any atom is 0.416 e. The van der Waals surface area contributed by atoms with Gasteiger partial charge in [0.1, 0.15) is 5.69 Å². The molecule has 1 N–H and O–H groups in total. The summed E-state index contributed by atoms with van der Waals surface area (Å²) < 4.78 is 39.5. The molecule has 0 saturated carbocycles. The highest BCUT2D eigenvalue weighted by Gasteiger charge is 2.30. The fourth-order valence-electron chi connectivity index (χ4n) is 2.54. The summed E-state index contributed by atoms with van der Waals surface area (Å²) in [6.45, 7) is 0. The summed E-state index contributed by atoms with van der Waals surface area (Å²) >= 11 is 0. The molecule has 0 aliphatic heterocycles. The van der Waals surface area contributed by atoms with Crippen LogP contribution in [0.25, 0.3) is 10.8 Å². The van der Waals surface area contributed by atoms with Gasteiger partial charge in [0.15, 0.2) is 0 Å². The smallest absolute Gasteiger partial charge is 0.321 e. The molecule has 7 heteroatoms. The maximum atomic E-state index is 12.8. The van der Waals surface area contributed by atoms with Crippen molar-refractivity contribution >= 4 is 22.4 Å². The number of benzene rings is 2. The van der Waals surface area contributed by atoms with Crippen molar-refractivity contribution in [1.82, 2.24) is 4.57 Å². The highest BCUT2D eigenvalue weighted by molar-refractivity contribution is 6.05. The van der Waals surface area contributed by atoms with E-state index < -0.39 is 17.6 Å². The molecule has 0 bridgehead atoms. The van der Waals surface area contributed by atoms with Crippen molar-refractivity contribution in [1.29, 1.82) is 0 Å². The zero-order chi connectivity index (χ0) is 18.2. The van der Waals surface area contributed by atoms with E-state index in [0.29, 0.717) is 10.8 Å². The Kier molecular flexibility index (Phi) is 4.08. The summed E-state index contributed by atoms with van der Waals surface area (Å²) in [5, 5.41) is 3.45. The lowest BCUT2D eigenvalue weighted by atomic mass is 10.1. The summed E-state index contributed by atoms with van der Waals surface area (Å²) in [6, 6.07) is 12.6. The molecule has 0 spiro atoms. The van der Waals surface area contributed by atoms with E-state index >= 15 is 0 Å². The number of hydrogen-bond donors (Lipinski definition) is 1. The number of halogens is 3. The molecule has 25 heavy (non-hydrogen) atoms. The SMILES string of the molecule is Cn1c(C(=O)Nc2cccc(C(F)(F)F)c2)cc2ccccc2c1=O. The maximum absolute atomic E-state index is 12.8. The molecule has 0 aliphatic carbocycles. The third-order valence-electron chi connectivity index (χ3n) is 3.83. The first-order valence-electron chi connectivity index (χ1n) is 7.35. The Hall–Kier alpha value is -3.09. The number of alkyl halides is 3. The Bertz CT molecular complexity index is 1020. The van der Waals surface area contributed by atoms with Crippen LogP contribution in [0, 0.1) is 0 Å². The molecule has 0 radical (unpaired) electrons. The number of nitrogens with one attached hydrogen (secondary N) is 1. The van der Waals surface area contributed by atoms with Gasteiger partial charge in [0.05, 0.1) is 5.56 Å². The lowest BCUT2D eigenvalue weighted by Crippen LogP contribution is -2.26. The monoisotopic (exact) mass is 346 g/mol. The molecule has 0 fully saturated rings. The molecular weight excluding hydrogens is 333 g/mol. The van der Waals surface area contributed by atoms with Crippen molar-refractivity contribution in [3.8, 4) is 0 Å². The van der Waals surface area contributed by atoms with Gasteiger partial charge in [-0.05, 0) is 35.7 Å². The molecular formula is C18H13F3N2O2. The van der Waals surface area contributed by atoms with Crippen LogP contribution in [0.4, 0.5) is 18.9 Å². The van der Waals surface area contributed by atoms with Gasteiger partial charge in [0.2, 0.25) is 0 Å². The summed E-state index contributed by atoms with van der Waals surface area (Å²) in [7, 11) is 1.44. The third kappa shape index (κ3) is 3.26. The molecule has 0 unspecified atom stereocenters. The summed E-state index contributed by atoms with van der Waals surface area (Å²) in [4.78, 5) is 24.8. The second kappa shape index (κ2) is 6.08. The Labute approximate surface area is 140 Å². The predicted molar refractivity (Wildman–Crippen MR) is 88.6 cm³/mol. The van der Waals surface area contributed by atoms with Crippen molar-refractivity contribution in [2.24, 2.45) is 7.05 Å². The molecule has 3 aromatic rings. The van der Waals surface area contributed by atoms with Crippen molar-refractivity contribution in [2.45, 2.75) is 6.18 Å². The van der Waals surface area contributed by atoms with Gasteiger partial charge in [-0.1, -0.05) is 24.3 Å². The molecule has 0 saturated heterocycles. The zero-order valence-corrected chi connectivity index (χ0v) is 13.1. The van der Waals surface area contributed by atoms with Crippen molar-refractivity contribution in [3.05, 3.63) is 76.2 Å². The van der Waals surface area contributed by atoms with Gasteiger partial charge in [-0.15, -0.1) is 0 Å². The fourth-order valence-corrected chi connectivity index (χ4v) is 2.54. The topological polar surface area (TPSA) is 51.1 Å². The minimum Gasteiger partial charge on any atom is -0.321 e. The van der Waals surface area contributed by atoms with Crippen LogP contribution in [0.1, 0.15) is 16.1 Å². The number of amides is 1. The Morgan fingerprint density at radius 3 is 2.48 bits per heavy atom. The van der Waals surface area contributed by atoms with Crippen LogP contribution >= 0.6 is 0 Å². The number of hydrogen-bond acceptors (Lipinski definition) is 2. The quantitative estimate of drug-likeness (QED) is 0.767. The summed E-state index contributed by atoms with van der Waals surface area (Å²) in [6.07, 6.45) is -4.50. The lowest BCUT2D eigenvalue weighted by Gasteiger charge is -2.12. The minimum atomic E-state index is -4.50. The number of pyridine rings is 1.